The molecule has 1 saturated carbocycles. The summed E-state index contributed by atoms with van der Waals surface area (Å²) in [6.45, 7) is 5.17. The van der Waals surface area contributed by atoms with Gasteiger partial charge in [-0.2, -0.15) is 5.26 Å². The van der Waals surface area contributed by atoms with Crippen LogP contribution in [0.5, 0.6) is 5.75 Å². The average molecular weight is 366 g/mol. The summed E-state index contributed by atoms with van der Waals surface area (Å²) in [7, 11) is 0. The van der Waals surface area contributed by atoms with E-state index in [1.165, 1.54) is 0 Å². The zero-order chi connectivity index (χ0) is 18.3. The number of rotatable bonds is 10. The number of para-hydroxylation sites is 1. The van der Waals surface area contributed by atoms with E-state index < -0.39 is 5.54 Å². The largest absolute Gasteiger partial charge is 0.487 e. The molecule has 0 bridgehead atoms. The molecule has 1 fully saturated rings. The van der Waals surface area contributed by atoms with Crippen molar-refractivity contribution in [1.82, 2.24) is 5.32 Å². The lowest BCUT2D eigenvalue weighted by Gasteiger charge is -2.23. The Labute approximate surface area is 153 Å². The Morgan fingerprint density at radius 3 is 2.84 bits per heavy atom. The molecule has 0 spiro atoms. The van der Waals surface area contributed by atoms with Crippen LogP contribution < -0.4 is 15.4 Å². The lowest BCUT2D eigenvalue weighted by molar-refractivity contribution is -0.120. The minimum Gasteiger partial charge on any atom is -0.487 e. The number of nitrogens with zero attached hydrogens (tertiary/aromatic N) is 1. The minimum atomic E-state index is -0.802. The third kappa shape index (κ3) is 5.52. The van der Waals surface area contributed by atoms with E-state index in [1.54, 1.807) is 25.1 Å². The van der Waals surface area contributed by atoms with Gasteiger partial charge in [0.15, 0.2) is 5.75 Å². The van der Waals surface area contributed by atoms with Crippen molar-refractivity contribution >= 4 is 23.2 Å². The zero-order valence-corrected chi connectivity index (χ0v) is 15.4. The summed E-state index contributed by atoms with van der Waals surface area (Å²) >= 11 is 6.19. The van der Waals surface area contributed by atoms with Crippen molar-refractivity contribution in [2.24, 2.45) is 5.92 Å². The van der Waals surface area contributed by atoms with Gasteiger partial charge in [-0.3, -0.25) is 4.79 Å². The van der Waals surface area contributed by atoms with Gasteiger partial charge in [0.25, 0.3) is 0 Å². The quantitative estimate of drug-likeness (QED) is 0.623. The molecule has 0 heterocycles. The summed E-state index contributed by atoms with van der Waals surface area (Å²) in [5, 5.41) is 15.6. The fraction of sp³-hybridized carbons (Fsp3) is 0.556. The first-order valence-electron chi connectivity index (χ1n) is 8.45. The van der Waals surface area contributed by atoms with E-state index in [0.29, 0.717) is 36.3 Å². The van der Waals surface area contributed by atoms with E-state index in [2.05, 4.69) is 16.7 Å². The van der Waals surface area contributed by atoms with Gasteiger partial charge in [0.05, 0.1) is 29.9 Å². The van der Waals surface area contributed by atoms with Gasteiger partial charge in [0, 0.05) is 6.61 Å². The number of carbonyl (C=O) groups is 1. The van der Waals surface area contributed by atoms with Crippen molar-refractivity contribution in [3.8, 4) is 11.8 Å². The van der Waals surface area contributed by atoms with Crippen LogP contribution in [-0.2, 0) is 9.53 Å². The third-order valence-electron chi connectivity index (χ3n) is 4.11. The van der Waals surface area contributed by atoms with Crippen LogP contribution in [0, 0.1) is 17.2 Å². The highest BCUT2D eigenvalue weighted by Gasteiger charge is 2.42. The molecule has 1 aliphatic carbocycles. The second-order valence-electron chi connectivity index (χ2n) is 6.15. The van der Waals surface area contributed by atoms with Crippen LogP contribution in [0.15, 0.2) is 18.2 Å². The number of benzene rings is 1. The Kier molecular flexibility index (Phi) is 6.91. The van der Waals surface area contributed by atoms with E-state index in [1.807, 2.05) is 6.92 Å². The van der Waals surface area contributed by atoms with Gasteiger partial charge in [-0.15, -0.1) is 0 Å². The number of hydrogen-bond acceptors (Lipinski definition) is 5. The SMILES string of the molecule is CCOCCOc1c(Cl)cccc1NCC(=O)N[C@](C)(C#N)C1CC1. The van der Waals surface area contributed by atoms with Crippen molar-refractivity contribution in [2.75, 3.05) is 31.7 Å². The molecule has 1 aromatic rings. The number of hydrogen-bond donors (Lipinski definition) is 2. The molecule has 25 heavy (non-hydrogen) atoms. The fourth-order valence-corrected chi connectivity index (χ4v) is 2.76. The highest BCUT2D eigenvalue weighted by Crippen LogP contribution is 2.39. The Hall–Kier alpha value is -1.97. The molecule has 1 atom stereocenters. The number of nitriles is 1. The second-order valence-corrected chi connectivity index (χ2v) is 6.56. The maximum absolute atomic E-state index is 12.2. The van der Waals surface area contributed by atoms with Gasteiger partial charge in [-0.25, -0.2) is 0 Å². The monoisotopic (exact) mass is 365 g/mol. The summed E-state index contributed by atoms with van der Waals surface area (Å²) in [4.78, 5) is 12.2. The molecule has 1 amide bonds. The number of ether oxygens (including phenoxy) is 2. The maximum Gasteiger partial charge on any atom is 0.240 e. The van der Waals surface area contributed by atoms with Crippen molar-refractivity contribution in [2.45, 2.75) is 32.2 Å². The number of anilines is 1. The summed E-state index contributed by atoms with van der Waals surface area (Å²) < 4.78 is 10.9. The summed E-state index contributed by atoms with van der Waals surface area (Å²) in [6, 6.07) is 7.51. The Balaban J connectivity index is 1.92. The van der Waals surface area contributed by atoms with Crippen LogP contribution in [0.2, 0.25) is 5.02 Å². The molecule has 2 N–H and O–H groups in total. The van der Waals surface area contributed by atoms with Crippen molar-refractivity contribution in [1.29, 1.82) is 5.26 Å². The molecular weight excluding hydrogens is 342 g/mol. The molecule has 1 aliphatic rings. The van der Waals surface area contributed by atoms with E-state index >= 15 is 0 Å². The predicted molar refractivity (Wildman–Crippen MR) is 96.8 cm³/mol. The third-order valence-corrected chi connectivity index (χ3v) is 4.41. The molecule has 0 unspecified atom stereocenters. The normalized spacial score (nSPS) is 15.8. The Morgan fingerprint density at radius 1 is 1.44 bits per heavy atom. The van der Waals surface area contributed by atoms with Crippen LogP contribution in [0.3, 0.4) is 0 Å². The molecule has 0 aliphatic heterocycles. The van der Waals surface area contributed by atoms with Gasteiger partial charge in [0.1, 0.15) is 12.1 Å². The van der Waals surface area contributed by atoms with Crippen LogP contribution in [0.4, 0.5) is 5.69 Å². The molecule has 2 rings (SSSR count). The summed E-state index contributed by atoms with van der Waals surface area (Å²) in [6.07, 6.45) is 1.95. The minimum absolute atomic E-state index is 0.0339. The second kappa shape index (κ2) is 8.93. The van der Waals surface area contributed by atoms with Gasteiger partial charge < -0.3 is 20.1 Å². The first-order chi connectivity index (χ1) is 12.0. The van der Waals surface area contributed by atoms with E-state index in [-0.39, 0.29) is 18.4 Å². The molecule has 136 valence electrons. The van der Waals surface area contributed by atoms with Crippen molar-refractivity contribution in [3.63, 3.8) is 0 Å². The van der Waals surface area contributed by atoms with Gasteiger partial charge in [-0.1, -0.05) is 17.7 Å². The van der Waals surface area contributed by atoms with E-state index in [4.69, 9.17) is 21.1 Å². The zero-order valence-electron chi connectivity index (χ0n) is 14.6. The Bertz CT molecular complexity index is 643. The van der Waals surface area contributed by atoms with Gasteiger partial charge in [-0.05, 0) is 44.7 Å². The predicted octanol–water partition coefficient (Wildman–Crippen LogP) is 2.98. The maximum atomic E-state index is 12.2. The van der Waals surface area contributed by atoms with Crippen LogP contribution in [0.1, 0.15) is 26.7 Å². The standard InChI is InChI=1S/C18H24ClN3O3/c1-3-24-9-10-25-17-14(19)5-4-6-15(17)21-11-16(23)22-18(2,12-20)13-7-8-13/h4-6,13,21H,3,7-11H2,1-2H3,(H,22,23)/t18-/m1/s1. The lowest BCUT2D eigenvalue weighted by atomic mass is 9.98. The molecule has 6 nitrogen and oxygen atoms in total. The lowest BCUT2D eigenvalue weighted by Crippen LogP contribution is -2.48. The number of amides is 1. The molecule has 0 saturated heterocycles. The number of halogens is 1. The highest BCUT2D eigenvalue weighted by molar-refractivity contribution is 6.32. The summed E-state index contributed by atoms with van der Waals surface area (Å²) in [5.74, 6) is 0.489. The molecule has 7 heteroatoms. The van der Waals surface area contributed by atoms with Crippen molar-refractivity contribution < 1.29 is 14.3 Å². The Morgan fingerprint density at radius 2 is 2.20 bits per heavy atom. The molecule has 0 aromatic heterocycles. The molecular formula is C18H24ClN3O3. The van der Waals surface area contributed by atoms with Crippen molar-refractivity contribution in [3.05, 3.63) is 23.2 Å². The highest BCUT2D eigenvalue weighted by atomic mass is 35.5. The topological polar surface area (TPSA) is 83.4 Å². The van der Waals surface area contributed by atoms with Gasteiger partial charge in [0.2, 0.25) is 5.91 Å². The first kappa shape index (κ1) is 19.4. The van der Waals surface area contributed by atoms with Crippen LogP contribution in [-0.4, -0.2) is 37.8 Å². The average Bonchev–Trinajstić information content (AvgIpc) is 3.44. The van der Waals surface area contributed by atoms with E-state index in [9.17, 15) is 10.1 Å². The molecule has 1 aromatic carbocycles. The fourth-order valence-electron chi connectivity index (χ4n) is 2.53. The molecule has 0 radical (unpaired) electrons. The van der Waals surface area contributed by atoms with Crippen LogP contribution in [0.25, 0.3) is 0 Å². The summed E-state index contributed by atoms with van der Waals surface area (Å²) in [5.41, 5.74) is -0.173. The first-order valence-corrected chi connectivity index (χ1v) is 8.83. The number of nitrogens with one attached hydrogen (secondary N) is 2. The van der Waals surface area contributed by atoms with E-state index in [0.717, 1.165) is 12.8 Å². The number of carbonyl (C=O) groups excluding carboxylic acids is 1. The smallest absolute Gasteiger partial charge is 0.240 e. The van der Waals surface area contributed by atoms with Gasteiger partial charge >= 0.3 is 0 Å². The van der Waals surface area contributed by atoms with Crippen LogP contribution >= 0.6 is 11.6 Å².